The van der Waals surface area contributed by atoms with Crippen molar-refractivity contribution in [2.24, 2.45) is 0 Å². The van der Waals surface area contributed by atoms with Gasteiger partial charge in [0.25, 0.3) is 0 Å². The number of hydrogen-bond acceptors (Lipinski definition) is 3. The van der Waals surface area contributed by atoms with Crippen molar-refractivity contribution in [1.29, 1.82) is 0 Å². The standard InChI is InChI=1S/C16H30O2S/c1-3-5-7-9-11-13-15(17)19-16(18)14-12-10-8-6-4-2/h3-14H2,1-2H3. The second-order valence-electron chi connectivity index (χ2n) is 5.17. The van der Waals surface area contributed by atoms with Gasteiger partial charge in [-0.05, 0) is 24.6 Å². The van der Waals surface area contributed by atoms with Crippen molar-refractivity contribution in [3.8, 4) is 0 Å². The summed E-state index contributed by atoms with van der Waals surface area (Å²) in [7, 11) is 0. The Kier molecular flexibility index (Phi) is 13.9. The van der Waals surface area contributed by atoms with Crippen LogP contribution in [0.25, 0.3) is 0 Å². The highest BCUT2D eigenvalue weighted by atomic mass is 32.2. The van der Waals surface area contributed by atoms with Gasteiger partial charge in [0.05, 0.1) is 0 Å². The van der Waals surface area contributed by atoms with E-state index in [0.29, 0.717) is 12.8 Å². The summed E-state index contributed by atoms with van der Waals surface area (Å²) in [4.78, 5) is 23.1. The van der Waals surface area contributed by atoms with Crippen molar-refractivity contribution in [1.82, 2.24) is 0 Å². The lowest BCUT2D eigenvalue weighted by atomic mass is 10.1. The van der Waals surface area contributed by atoms with E-state index >= 15 is 0 Å². The van der Waals surface area contributed by atoms with Crippen LogP contribution in [-0.4, -0.2) is 10.2 Å². The van der Waals surface area contributed by atoms with Gasteiger partial charge in [-0.25, -0.2) is 0 Å². The summed E-state index contributed by atoms with van der Waals surface area (Å²) >= 11 is 0.949. The molecular formula is C16H30O2S. The SMILES string of the molecule is CCCCCCCC(=O)SC(=O)CCCCCCC. The van der Waals surface area contributed by atoms with Crippen LogP contribution >= 0.6 is 11.8 Å². The monoisotopic (exact) mass is 286 g/mol. The van der Waals surface area contributed by atoms with Gasteiger partial charge in [-0.2, -0.15) is 0 Å². The maximum Gasteiger partial charge on any atom is 0.196 e. The molecule has 0 aliphatic heterocycles. The molecule has 0 rings (SSSR count). The van der Waals surface area contributed by atoms with Gasteiger partial charge in [-0.1, -0.05) is 65.2 Å². The zero-order chi connectivity index (χ0) is 14.3. The van der Waals surface area contributed by atoms with E-state index in [2.05, 4.69) is 13.8 Å². The zero-order valence-corrected chi connectivity index (χ0v) is 13.5. The normalized spacial score (nSPS) is 10.6. The lowest BCUT2D eigenvalue weighted by molar-refractivity contribution is -0.113. The van der Waals surface area contributed by atoms with Crippen molar-refractivity contribution >= 4 is 22.0 Å². The fourth-order valence-corrected chi connectivity index (χ4v) is 2.72. The zero-order valence-electron chi connectivity index (χ0n) is 12.7. The van der Waals surface area contributed by atoms with Gasteiger partial charge < -0.3 is 0 Å². The maximum atomic E-state index is 11.6. The Labute approximate surface area is 123 Å². The van der Waals surface area contributed by atoms with Crippen molar-refractivity contribution in [3.05, 3.63) is 0 Å². The van der Waals surface area contributed by atoms with E-state index in [1.807, 2.05) is 0 Å². The van der Waals surface area contributed by atoms with E-state index < -0.39 is 0 Å². The van der Waals surface area contributed by atoms with Crippen LogP contribution in [0.1, 0.15) is 90.9 Å². The molecule has 0 bridgehead atoms. The molecule has 2 nitrogen and oxygen atoms in total. The highest BCUT2D eigenvalue weighted by Crippen LogP contribution is 2.16. The third-order valence-corrected chi connectivity index (χ3v) is 4.06. The Hall–Kier alpha value is -0.310. The molecule has 0 N–H and O–H groups in total. The van der Waals surface area contributed by atoms with E-state index in [0.717, 1.165) is 37.4 Å². The first kappa shape index (κ1) is 18.7. The molecule has 0 fully saturated rings. The van der Waals surface area contributed by atoms with Crippen molar-refractivity contribution in [2.75, 3.05) is 0 Å². The van der Waals surface area contributed by atoms with E-state index in [9.17, 15) is 9.59 Å². The molecular weight excluding hydrogens is 256 g/mol. The molecule has 0 unspecified atom stereocenters. The summed E-state index contributed by atoms with van der Waals surface area (Å²) in [6.07, 6.45) is 12.6. The Morgan fingerprint density at radius 3 is 1.37 bits per heavy atom. The molecule has 0 aliphatic rings. The molecule has 0 saturated carbocycles. The predicted octanol–water partition coefficient (Wildman–Crippen LogP) is 5.49. The van der Waals surface area contributed by atoms with E-state index in [-0.39, 0.29) is 10.2 Å². The Bertz CT molecular complexity index is 215. The number of unbranched alkanes of at least 4 members (excludes halogenated alkanes) is 8. The van der Waals surface area contributed by atoms with Crippen LogP contribution in [0, 0.1) is 0 Å². The van der Waals surface area contributed by atoms with Gasteiger partial charge >= 0.3 is 0 Å². The summed E-state index contributed by atoms with van der Waals surface area (Å²) in [5.74, 6) is 0. The van der Waals surface area contributed by atoms with Crippen LogP contribution in [0.5, 0.6) is 0 Å². The molecule has 3 heteroatoms. The third kappa shape index (κ3) is 13.9. The summed E-state index contributed by atoms with van der Waals surface area (Å²) < 4.78 is 0. The highest BCUT2D eigenvalue weighted by Gasteiger charge is 2.09. The largest absolute Gasteiger partial charge is 0.287 e. The van der Waals surface area contributed by atoms with E-state index in [4.69, 9.17) is 0 Å². The third-order valence-electron chi connectivity index (χ3n) is 3.20. The van der Waals surface area contributed by atoms with Crippen LogP contribution in [0.2, 0.25) is 0 Å². The van der Waals surface area contributed by atoms with Crippen LogP contribution < -0.4 is 0 Å². The topological polar surface area (TPSA) is 34.1 Å². The lowest BCUT2D eigenvalue weighted by Crippen LogP contribution is -1.99. The molecule has 0 heterocycles. The number of carbonyl (C=O) groups is 2. The number of hydrogen-bond donors (Lipinski definition) is 0. The molecule has 0 spiro atoms. The summed E-state index contributed by atoms with van der Waals surface area (Å²) in [6, 6.07) is 0. The molecule has 112 valence electrons. The first-order valence-electron chi connectivity index (χ1n) is 7.94. The second kappa shape index (κ2) is 14.1. The minimum atomic E-state index is 0.0649. The van der Waals surface area contributed by atoms with Crippen LogP contribution in [-0.2, 0) is 9.59 Å². The summed E-state index contributed by atoms with van der Waals surface area (Å²) in [6.45, 7) is 4.36. The van der Waals surface area contributed by atoms with Gasteiger partial charge in [0.2, 0.25) is 0 Å². The highest BCUT2D eigenvalue weighted by molar-refractivity contribution is 8.26. The van der Waals surface area contributed by atoms with E-state index in [1.54, 1.807) is 0 Å². The van der Waals surface area contributed by atoms with Gasteiger partial charge in [0.15, 0.2) is 10.2 Å². The molecule has 0 aliphatic carbocycles. The molecule has 0 aromatic rings. The van der Waals surface area contributed by atoms with Gasteiger partial charge in [-0.3, -0.25) is 9.59 Å². The second-order valence-corrected chi connectivity index (χ2v) is 6.29. The van der Waals surface area contributed by atoms with Gasteiger partial charge in [0.1, 0.15) is 0 Å². The molecule has 19 heavy (non-hydrogen) atoms. The molecule has 0 radical (unpaired) electrons. The Balaban J connectivity index is 3.40. The quantitative estimate of drug-likeness (QED) is 0.445. The van der Waals surface area contributed by atoms with Gasteiger partial charge in [-0.15, -0.1) is 0 Å². The maximum absolute atomic E-state index is 11.6. The smallest absolute Gasteiger partial charge is 0.196 e. The average molecular weight is 286 g/mol. The van der Waals surface area contributed by atoms with Gasteiger partial charge in [0, 0.05) is 12.8 Å². The van der Waals surface area contributed by atoms with Crippen LogP contribution in [0.15, 0.2) is 0 Å². The molecule has 0 aromatic heterocycles. The van der Waals surface area contributed by atoms with E-state index in [1.165, 1.54) is 38.5 Å². The summed E-state index contributed by atoms with van der Waals surface area (Å²) in [5.41, 5.74) is 0. The molecule has 0 saturated heterocycles. The summed E-state index contributed by atoms with van der Waals surface area (Å²) in [5, 5.41) is 0.130. The lowest BCUT2D eigenvalue weighted by Gasteiger charge is -2.01. The predicted molar refractivity (Wildman–Crippen MR) is 84.4 cm³/mol. The average Bonchev–Trinajstić information content (AvgIpc) is 2.38. The number of rotatable bonds is 12. The first-order valence-corrected chi connectivity index (χ1v) is 8.75. The Morgan fingerprint density at radius 1 is 0.632 bits per heavy atom. The van der Waals surface area contributed by atoms with Crippen LogP contribution in [0.3, 0.4) is 0 Å². The molecule has 0 aromatic carbocycles. The molecule has 0 amide bonds. The van der Waals surface area contributed by atoms with Crippen molar-refractivity contribution < 1.29 is 9.59 Å². The first-order chi connectivity index (χ1) is 9.20. The van der Waals surface area contributed by atoms with Crippen LogP contribution in [0.4, 0.5) is 0 Å². The Morgan fingerprint density at radius 2 is 1.00 bits per heavy atom. The fourth-order valence-electron chi connectivity index (χ4n) is 1.97. The fraction of sp³-hybridized carbons (Fsp3) is 0.875. The van der Waals surface area contributed by atoms with Crippen molar-refractivity contribution in [3.63, 3.8) is 0 Å². The molecule has 0 atom stereocenters. The van der Waals surface area contributed by atoms with Crippen molar-refractivity contribution in [2.45, 2.75) is 90.9 Å². The number of carbonyl (C=O) groups excluding carboxylic acids is 2. The minimum Gasteiger partial charge on any atom is -0.287 e. The number of thioether (sulfide) groups is 1. The minimum absolute atomic E-state index is 0.0649.